The Morgan fingerprint density at radius 2 is 1.67 bits per heavy atom. The Morgan fingerprint density at radius 3 is 2.19 bits per heavy atom. The van der Waals surface area contributed by atoms with Gasteiger partial charge in [0.1, 0.15) is 5.75 Å². The predicted octanol–water partition coefficient (Wildman–Crippen LogP) is 3.33. The molecule has 4 heteroatoms. The Morgan fingerprint density at radius 1 is 1.10 bits per heavy atom. The fourth-order valence-corrected chi connectivity index (χ4v) is 2.12. The van der Waals surface area contributed by atoms with E-state index >= 15 is 0 Å². The molecule has 0 bridgehead atoms. The molecular formula is C17H25BO3. The molecule has 1 fully saturated rings. The molecule has 1 heterocycles. The summed E-state index contributed by atoms with van der Waals surface area (Å²) in [6.07, 6.45) is 3.87. The molecule has 2 rings (SSSR count). The highest BCUT2D eigenvalue weighted by Crippen LogP contribution is 2.36. The molecule has 0 N–H and O–H groups in total. The molecule has 0 amide bonds. The maximum absolute atomic E-state index is 6.03. The molecule has 0 aliphatic carbocycles. The van der Waals surface area contributed by atoms with Crippen molar-refractivity contribution >= 4 is 12.6 Å². The summed E-state index contributed by atoms with van der Waals surface area (Å²) in [4.78, 5) is 0. The van der Waals surface area contributed by atoms with E-state index in [-0.39, 0.29) is 18.3 Å². The van der Waals surface area contributed by atoms with Crippen LogP contribution in [-0.4, -0.2) is 24.9 Å². The molecule has 1 aliphatic heterocycles. The van der Waals surface area contributed by atoms with Crippen molar-refractivity contribution < 1.29 is 14.0 Å². The van der Waals surface area contributed by atoms with E-state index in [2.05, 4.69) is 34.3 Å². The zero-order chi connectivity index (χ0) is 15.5. The maximum atomic E-state index is 6.03. The highest BCUT2D eigenvalue weighted by Gasteiger charge is 2.51. The van der Waals surface area contributed by atoms with Crippen LogP contribution in [0.1, 0.15) is 40.5 Å². The van der Waals surface area contributed by atoms with Crippen LogP contribution in [0.4, 0.5) is 0 Å². The first-order valence-corrected chi connectivity index (χ1v) is 7.55. The molecule has 0 atom stereocenters. The van der Waals surface area contributed by atoms with Gasteiger partial charge >= 0.3 is 7.12 Å². The predicted molar refractivity (Wildman–Crippen MR) is 87.1 cm³/mol. The highest BCUT2D eigenvalue weighted by atomic mass is 16.7. The van der Waals surface area contributed by atoms with Crippen LogP contribution in [0.15, 0.2) is 36.9 Å². The summed E-state index contributed by atoms with van der Waals surface area (Å²) in [5, 5.41) is 0. The molecule has 114 valence electrons. The average Bonchev–Trinajstić information content (AvgIpc) is 2.64. The second-order valence-corrected chi connectivity index (χ2v) is 6.44. The van der Waals surface area contributed by atoms with Gasteiger partial charge in [0.05, 0.1) is 17.8 Å². The van der Waals surface area contributed by atoms with Crippen molar-refractivity contribution in [2.75, 3.05) is 6.61 Å². The van der Waals surface area contributed by atoms with E-state index < -0.39 is 0 Å². The number of rotatable bonds is 6. The number of unbranched alkanes of at least 4 members (excludes halogenated alkanes) is 1. The monoisotopic (exact) mass is 288 g/mol. The van der Waals surface area contributed by atoms with Crippen LogP contribution in [0.25, 0.3) is 0 Å². The smallest absolute Gasteiger partial charge is 0.494 e. The molecule has 0 radical (unpaired) electrons. The largest absolute Gasteiger partial charge is 0.494 e. The van der Waals surface area contributed by atoms with E-state index in [0.29, 0.717) is 6.61 Å². The van der Waals surface area contributed by atoms with E-state index in [1.54, 1.807) is 0 Å². The SMILES string of the molecule is C=CCCCOc1ccc(B2OC(C)(C)C(C)(C)O2)cc1. The topological polar surface area (TPSA) is 27.7 Å². The summed E-state index contributed by atoms with van der Waals surface area (Å²) >= 11 is 0. The molecule has 1 aromatic rings. The van der Waals surface area contributed by atoms with Gasteiger partial charge < -0.3 is 14.0 Å². The van der Waals surface area contributed by atoms with Crippen LogP contribution in [0.5, 0.6) is 5.75 Å². The van der Waals surface area contributed by atoms with Gasteiger partial charge in [-0.25, -0.2) is 0 Å². The highest BCUT2D eigenvalue weighted by molar-refractivity contribution is 6.62. The first-order chi connectivity index (χ1) is 9.86. The van der Waals surface area contributed by atoms with Crippen LogP contribution in [0.2, 0.25) is 0 Å². The second kappa shape index (κ2) is 6.24. The van der Waals surface area contributed by atoms with Gasteiger partial charge in [-0.2, -0.15) is 0 Å². The second-order valence-electron chi connectivity index (χ2n) is 6.44. The summed E-state index contributed by atoms with van der Waals surface area (Å²) in [7, 11) is -0.315. The van der Waals surface area contributed by atoms with Gasteiger partial charge in [0, 0.05) is 0 Å². The van der Waals surface area contributed by atoms with E-state index in [4.69, 9.17) is 14.0 Å². The van der Waals surface area contributed by atoms with Crippen molar-refractivity contribution in [3.63, 3.8) is 0 Å². The van der Waals surface area contributed by atoms with Crippen LogP contribution in [0, 0.1) is 0 Å². The number of hydrogen-bond donors (Lipinski definition) is 0. The van der Waals surface area contributed by atoms with Crippen molar-refractivity contribution in [1.29, 1.82) is 0 Å². The van der Waals surface area contributed by atoms with Crippen LogP contribution >= 0.6 is 0 Å². The summed E-state index contributed by atoms with van der Waals surface area (Å²) in [5.41, 5.74) is 0.404. The Labute approximate surface area is 128 Å². The summed E-state index contributed by atoms with van der Waals surface area (Å²) < 4.78 is 17.7. The molecular weight excluding hydrogens is 263 g/mol. The Hall–Kier alpha value is -1.26. The van der Waals surface area contributed by atoms with Gasteiger partial charge in [0.2, 0.25) is 0 Å². The van der Waals surface area contributed by atoms with Gasteiger partial charge in [-0.3, -0.25) is 0 Å². The molecule has 3 nitrogen and oxygen atoms in total. The number of hydrogen-bond acceptors (Lipinski definition) is 3. The standard InChI is InChI=1S/C17H25BO3/c1-6-7-8-13-19-15-11-9-14(10-12-15)18-20-16(2,3)17(4,5)21-18/h6,9-12H,1,7-8,13H2,2-5H3. The number of benzene rings is 1. The molecule has 0 spiro atoms. The lowest BCUT2D eigenvalue weighted by Crippen LogP contribution is -2.41. The average molecular weight is 288 g/mol. The third-order valence-corrected chi connectivity index (χ3v) is 4.23. The minimum Gasteiger partial charge on any atom is -0.494 e. The Balaban J connectivity index is 1.95. The third kappa shape index (κ3) is 3.69. The molecule has 0 saturated carbocycles. The molecule has 1 saturated heterocycles. The van der Waals surface area contributed by atoms with Crippen molar-refractivity contribution in [1.82, 2.24) is 0 Å². The van der Waals surface area contributed by atoms with Crippen molar-refractivity contribution in [2.24, 2.45) is 0 Å². The molecule has 0 aromatic heterocycles. The fraction of sp³-hybridized carbons (Fsp3) is 0.529. The van der Waals surface area contributed by atoms with Gasteiger partial charge in [0.25, 0.3) is 0 Å². The van der Waals surface area contributed by atoms with E-state index in [1.165, 1.54) is 0 Å². The van der Waals surface area contributed by atoms with Crippen molar-refractivity contribution in [3.8, 4) is 5.75 Å². The van der Waals surface area contributed by atoms with E-state index in [1.807, 2.05) is 30.3 Å². The Bertz CT molecular complexity index is 463. The third-order valence-electron chi connectivity index (χ3n) is 4.23. The van der Waals surface area contributed by atoms with Crippen LogP contribution < -0.4 is 10.2 Å². The molecule has 1 aromatic carbocycles. The molecule has 0 unspecified atom stereocenters. The summed E-state index contributed by atoms with van der Waals surface area (Å²) in [5.74, 6) is 0.874. The Kier molecular flexibility index (Phi) is 4.79. The van der Waals surface area contributed by atoms with Gasteiger partial charge in [0.15, 0.2) is 0 Å². The summed E-state index contributed by atoms with van der Waals surface area (Å²) in [6.45, 7) is 12.6. The lowest BCUT2D eigenvalue weighted by atomic mass is 9.79. The number of allylic oxidation sites excluding steroid dienone is 1. The first kappa shape index (κ1) is 16.1. The minimum absolute atomic E-state index is 0.308. The van der Waals surface area contributed by atoms with Crippen LogP contribution in [0.3, 0.4) is 0 Å². The van der Waals surface area contributed by atoms with Crippen LogP contribution in [-0.2, 0) is 9.31 Å². The van der Waals surface area contributed by atoms with Crippen molar-refractivity contribution in [3.05, 3.63) is 36.9 Å². The quantitative estimate of drug-likeness (QED) is 0.456. The zero-order valence-electron chi connectivity index (χ0n) is 13.5. The first-order valence-electron chi connectivity index (χ1n) is 7.55. The lowest BCUT2D eigenvalue weighted by Gasteiger charge is -2.32. The van der Waals surface area contributed by atoms with Gasteiger partial charge in [-0.15, -0.1) is 6.58 Å². The zero-order valence-corrected chi connectivity index (χ0v) is 13.5. The van der Waals surface area contributed by atoms with Crippen molar-refractivity contribution in [2.45, 2.75) is 51.7 Å². The fourth-order valence-electron chi connectivity index (χ4n) is 2.12. The van der Waals surface area contributed by atoms with E-state index in [9.17, 15) is 0 Å². The molecule has 1 aliphatic rings. The normalized spacial score (nSPS) is 19.5. The maximum Gasteiger partial charge on any atom is 0.494 e. The summed E-state index contributed by atoms with van der Waals surface area (Å²) in [6, 6.07) is 7.94. The van der Waals surface area contributed by atoms with Gasteiger partial charge in [-0.05, 0) is 58.1 Å². The lowest BCUT2D eigenvalue weighted by molar-refractivity contribution is 0.00578. The number of ether oxygens (including phenoxy) is 1. The minimum atomic E-state index is -0.315. The molecule has 21 heavy (non-hydrogen) atoms. The van der Waals surface area contributed by atoms with Gasteiger partial charge in [-0.1, -0.05) is 18.2 Å². The van der Waals surface area contributed by atoms with E-state index in [0.717, 1.165) is 24.1 Å².